The zero-order valence-corrected chi connectivity index (χ0v) is 22.0. The Morgan fingerprint density at radius 2 is 2.03 bits per heavy atom. The standard InChI is InChI=1S/C25H34N4O3.HI/c1-4-26-25(27-13-12-19-11-10-18(2)23(16-19)31-3)28-17-20-7-5-8-21(15-20)29-24(30)22-9-6-14-32-22;/h5,7-8,10-11,15-16,22H,4,6,9,12-14,17H2,1-3H3,(H,29,30)(H2,26,27,28);1H. The van der Waals surface area contributed by atoms with E-state index in [1.165, 1.54) is 5.56 Å². The van der Waals surface area contributed by atoms with Gasteiger partial charge in [0.1, 0.15) is 11.9 Å². The Morgan fingerprint density at radius 1 is 1.18 bits per heavy atom. The molecule has 1 saturated heterocycles. The molecule has 0 spiro atoms. The number of carbonyl (C=O) groups is 1. The van der Waals surface area contributed by atoms with Crippen LogP contribution in [0.25, 0.3) is 0 Å². The summed E-state index contributed by atoms with van der Waals surface area (Å²) in [6, 6.07) is 14.1. The lowest BCUT2D eigenvalue weighted by Crippen LogP contribution is -2.38. The van der Waals surface area contributed by atoms with Gasteiger partial charge in [-0.25, -0.2) is 4.99 Å². The van der Waals surface area contributed by atoms with E-state index in [4.69, 9.17) is 14.5 Å². The number of hydrogen-bond acceptors (Lipinski definition) is 4. The Hall–Kier alpha value is -2.33. The molecule has 2 aromatic carbocycles. The van der Waals surface area contributed by atoms with Crippen LogP contribution in [0.5, 0.6) is 5.75 Å². The Morgan fingerprint density at radius 3 is 2.76 bits per heavy atom. The summed E-state index contributed by atoms with van der Waals surface area (Å²) in [4.78, 5) is 17.0. The van der Waals surface area contributed by atoms with Crippen molar-refractivity contribution in [2.45, 2.75) is 45.8 Å². The molecule has 1 atom stereocenters. The van der Waals surface area contributed by atoms with Crippen LogP contribution in [-0.2, 0) is 22.5 Å². The lowest BCUT2D eigenvalue weighted by atomic mass is 10.1. The van der Waals surface area contributed by atoms with E-state index in [-0.39, 0.29) is 36.0 Å². The first-order chi connectivity index (χ1) is 15.6. The van der Waals surface area contributed by atoms with Crippen LogP contribution < -0.4 is 20.7 Å². The number of rotatable bonds is 9. The van der Waals surface area contributed by atoms with Gasteiger partial charge in [-0.1, -0.05) is 24.3 Å². The van der Waals surface area contributed by atoms with Gasteiger partial charge in [0.05, 0.1) is 13.7 Å². The minimum atomic E-state index is -0.338. The second-order valence-electron chi connectivity index (χ2n) is 7.87. The van der Waals surface area contributed by atoms with Gasteiger partial charge in [-0.3, -0.25) is 4.79 Å². The Balaban J connectivity index is 0.00000385. The number of carbonyl (C=O) groups excluding carboxylic acids is 1. The van der Waals surface area contributed by atoms with Crippen molar-refractivity contribution in [3.05, 3.63) is 59.2 Å². The number of nitrogens with one attached hydrogen (secondary N) is 3. The summed E-state index contributed by atoms with van der Waals surface area (Å²) in [5, 5.41) is 9.62. The van der Waals surface area contributed by atoms with Crippen molar-refractivity contribution in [2.24, 2.45) is 4.99 Å². The third-order valence-electron chi connectivity index (χ3n) is 5.36. The normalized spacial score (nSPS) is 15.5. The van der Waals surface area contributed by atoms with Crippen LogP contribution in [0.15, 0.2) is 47.5 Å². The summed E-state index contributed by atoms with van der Waals surface area (Å²) in [5.74, 6) is 1.60. The predicted molar refractivity (Wildman–Crippen MR) is 144 cm³/mol. The molecule has 1 unspecified atom stereocenters. The van der Waals surface area contributed by atoms with Crippen LogP contribution in [0.4, 0.5) is 5.69 Å². The highest BCUT2D eigenvalue weighted by molar-refractivity contribution is 14.0. The number of nitrogens with zero attached hydrogens (tertiary/aromatic N) is 1. The van der Waals surface area contributed by atoms with Crippen LogP contribution in [0.1, 0.15) is 36.5 Å². The predicted octanol–water partition coefficient (Wildman–Crippen LogP) is 4.04. The highest BCUT2D eigenvalue weighted by Crippen LogP contribution is 2.19. The van der Waals surface area contributed by atoms with Gasteiger partial charge in [-0.05, 0) is 68.0 Å². The Kier molecular flexibility index (Phi) is 11.5. The fraction of sp³-hybridized carbons (Fsp3) is 0.440. The minimum absolute atomic E-state index is 0. The van der Waals surface area contributed by atoms with Crippen LogP contribution in [-0.4, -0.2) is 44.8 Å². The van der Waals surface area contributed by atoms with E-state index in [1.54, 1.807) is 7.11 Å². The van der Waals surface area contributed by atoms with Gasteiger partial charge in [0.25, 0.3) is 5.91 Å². The van der Waals surface area contributed by atoms with Crippen molar-refractivity contribution in [3.8, 4) is 5.75 Å². The number of guanidine groups is 1. The van der Waals surface area contributed by atoms with Crippen molar-refractivity contribution < 1.29 is 14.3 Å². The third-order valence-corrected chi connectivity index (χ3v) is 5.36. The van der Waals surface area contributed by atoms with Gasteiger partial charge in [0.2, 0.25) is 0 Å². The number of aryl methyl sites for hydroxylation is 1. The number of hydrogen-bond donors (Lipinski definition) is 3. The molecule has 1 amide bonds. The molecule has 3 rings (SSSR count). The van der Waals surface area contributed by atoms with E-state index < -0.39 is 0 Å². The van der Waals surface area contributed by atoms with E-state index >= 15 is 0 Å². The SMILES string of the molecule is CCNC(=NCc1cccc(NC(=O)C2CCCO2)c1)NCCc1ccc(C)c(OC)c1.I. The maximum absolute atomic E-state index is 12.3. The molecule has 1 aliphatic heterocycles. The fourth-order valence-corrected chi connectivity index (χ4v) is 3.61. The lowest BCUT2D eigenvalue weighted by Gasteiger charge is -2.13. The number of halogens is 1. The molecule has 7 nitrogen and oxygen atoms in total. The quantitative estimate of drug-likeness (QED) is 0.243. The highest BCUT2D eigenvalue weighted by atomic mass is 127. The smallest absolute Gasteiger partial charge is 0.253 e. The summed E-state index contributed by atoms with van der Waals surface area (Å²) >= 11 is 0. The molecule has 2 aromatic rings. The molecule has 3 N–H and O–H groups in total. The molecular formula is C25H35IN4O3. The molecule has 0 aliphatic carbocycles. The number of amides is 1. The summed E-state index contributed by atoms with van der Waals surface area (Å²) in [5.41, 5.74) is 4.14. The number of aliphatic imine (C=N–C) groups is 1. The summed E-state index contributed by atoms with van der Waals surface area (Å²) in [7, 11) is 1.70. The number of benzene rings is 2. The van der Waals surface area contributed by atoms with E-state index in [9.17, 15) is 4.79 Å². The number of anilines is 1. The fourth-order valence-electron chi connectivity index (χ4n) is 3.61. The average Bonchev–Trinajstić information content (AvgIpc) is 3.34. The zero-order valence-electron chi connectivity index (χ0n) is 19.6. The molecule has 0 radical (unpaired) electrons. The van der Waals surface area contributed by atoms with Gasteiger partial charge in [-0.15, -0.1) is 24.0 Å². The van der Waals surface area contributed by atoms with Gasteiger partial charge in [-0.2, -0.15) is 0 Å². The molecule has 8 heteroatoms. The van der Waals surface area contributed by atoms with E-state index in [1.807, 2.05) is 38.1 Å². The molecule has 33 heavy (non-hydrogen) atoms. The number of ether oxygens (including phenoxy) is 2. The molecular weight excluding hydrogens is 531 g/mol. The molecule has 1 aliphatic rings. The van der Waals surface area contributed by atoms with Gasteiger partial charge >= 0.3 is 0 Å². The highest BCUT2D eigenvalue weighted by Gasteiger charge is 2.23. The largest absolute Gasteiger partial charge is 0.496 e. The lowest BCUT2D eigenvalue weighted by molar-refractivity contribution is -0.124. The van der Waals surface area contributed by atoms with Gasteiger partial charge < -0.3 is 25.4 Å². The minimum Gasteiger partial charge on any atom is -0.496 e. The molecule has 1 fully saturated rings. The number of methoxy groups -OCH3 is 1. The van der Waals surface area contributed by atoms with Crippen molar-refractivity contribution >= 4 is 41.5 Å². The summed E-state index contributed by atoms with van der Waals surface area (Å²) in [6.45, 7) is 6.79. The summed E-state index contributed by atoms with van der Waals surface area (Å²) < 4.78 is 10.9. The van der Waals surface area contributed by atoms with Crippen molar-refractivity contribution in [1.82, 2.24) is 10.6 Å². The van der Waals surface area contributed by atoms with Gasteiger partial charge in [0.15, 0.2) is 5.96 Å². The first kappa shape index (κ1) is 26.9. The average molecular weight is 566 g/mol. The second-order valence-corrected chi connectivity index (χ2v) is 7.87. The van der Waals surface area contributed by atoms with E-state index in [0.717, 1.165) is 60.9 Å². The molecule has 1 heterocycles. The van der Waals surface area contributed by atoms with Crippen LogP contribution in [0.2, 0.25) is 0 Å². The maximum atomic E-state index is 12.3. The van der Waals surface area contributed by atoms with Crippen LogP contribution in [0, 0.1) is 6.92 Å². The van der Waals surface area contributed by atoms with Gasteiger partial charge in [0, 0.05) is 25.4 Å². The third kappa shape index (κ3) is 8.51. The van der Waals surface area contributed by atoms with Crippen molar-refractivity contribution in [1.29, 1.82) is 0 Å². The second kappa shape index (κ2) is 14.0. The van der Waals surface area contributed by atoms with Crippen LogP contribution >= 0.6 is 24.0 Å². The Labute approximate surface area is 213 Å². The topological polar surface area (TPSA) is 84.0 Å². The molecule has 0 aromatic heterocycles. The monoisotopic (exact) mass is 566 g/mol. The van der Waals surface area contributed by atoms with E-state index in [0.29, 0.717) is 13.2 Å². The Bertz CT molecular complexity index is 930. The molecule has 0 bridgehead atoms. The molecule has 0 saturated carbocycles. The van der Waals surface area contributed by atoms with Crippen molar-refractivity contribution in [2.75, 3.05) is 32.1 Å². The first-order valence-electron chi connectivity index (χ1n) is 11.3. The van der Waals surface area contributed by atoms with E-state index in [2.05, 4.69) is 34.1 Å². The van der Waals surface area contributed by atoms with Crippen LogP contribution in [0.3, 0.4) is 0 Å². The zero-order chi connectivity index (χ0) is 22.8. The maximum Gasteiger partial charge on any atom is 0.253 e. The molecule has 180 valence electrons. The first-order valence-corrected chi connectivity index (χ1v) is 11.3. The summed E-state index contributed by atoms with van der Waals surface area (Å²) in [6.07, 6.45) is 2.24. The van der Waals surface area contributed by atoms with Crippen molar-refractivity contribution in [3.63, 3.8) is 0 Å².